The first-order valence-electron chi connectivity index (χ1n) is 5.88. The molecule has 1 N–H and O–H groups in total. The zero-order valence-electron chi connectivity index (χ0n) is 9.66. The van der Waals surface area contributed by atoms with E-state index >= 15 is 0 Å². The summed E-state index contributed by atoms with van der Waals surface area (Å²) in [4.78, 5) is 17.4. The third kappa shape index (κ3) is 3.49. The maximum Gasteiger partial charge on any atom is 0.251 e. The maximum absolute atomic E-state index is 12.8. The van der Waals surface area contributed by atoms with Gasteiger partial charge >= 0.3 is 0 Å². The summed E-state index contributed by atoms with van der Waals surface area (Å²) >= 11 is 0. The second-order valence-corrected chi connectivity index (χ2v) is 4.17. The van der Waals surface area contributed by atoms with Crippen LogP contribution in [0.5, 0.6) is 0 Å². The largest absolute Gasteiger partial charge is 0.351 e. The van der Waals surface area contributed by atoms with E-state index in [4.69, 9.17) is 0 Å². The zero-order chi connectivity index (χ0) is 12.1. The van der Waals surface area contributed by atoms with Crippen LogP contribution < -0.4 is 5.32 Å². The Balaban J connectivity index is 1.77. The number of carbonyl (C=O) groups is 1. The van der Waals surface area contributed by atoms with E-state index in [9.17, 15) is 9.18 Å². The van der Waals surface area contributed by atoms with E-state index < -0.39 is 5.95 Å². The van der Waals surface area contributed by atoms with Crippen LogP contribution in [0.1, 0.15) is 23.2 Å². The summed E-state index contributed by atoms with van der Waals surface area (Å²) in [5.74, 6) is -0.873. The van der Waals surface area contributed by atoms with E-state index in [-0.39, 0.29) is 5.91 Å². The number of rotatable bonds is 4. The Morgan fingerprint density at radius 1 is 1.47 bits per heavy atom. The van der Waals surface area contributed by atoms with Gasteiger partial charge in [0.15, 0.2) is 0 Å². The highest BCUT2D eigenvalue weighted by molar-refractivity contribution is 5.93. The van der Waals surface area contributed by atoms with E-state index in [0.29, 0.717) is 12.1 Å². The van der Waals surface area contributed by atoms with Crippen molar-refractivity contribution in [2.75, 3.05) is 26.2 Å². The lowest BCUT2D eigenvalue weighted by Gasteiger charge is -2.14. The molecule has 1 fully saturated rings. The number of aromatic nitrogens is 1. The minimum atomic E-state index is -0.628. The lowest BCUT2D eigenvalue weighted by Crippen LogP contribution is -2.33. The van der Waals surface area contributed by atoms with Gasteiger partial charge in [-0.2, -0.15) is 4.39 Å². The van der Waals surface area contributed by atoms with Crippen molar-refractivity contribution in [1.82, 2.24) is 15.2 Å². The Morgan fingerprint density at radius 3 is 2.94 bits per heavy atom. The molecule has 0 unspecified atom stereocenters. The first kappa shape index (κ1) is 12.0. The molecule has 0 radical (unpaired) electrons. The summed E-state index contributed by atoms with van der Waals surface area (Å²) in [6.07, 6.45) is 3.78. The molecule has 17 heavy (non-hydrogen) atoms. The van der Waals surface area contributed by atoms with Crippen molar-refractivity contribution in [2.24, 2.45) is 0 Å². The van der Waals surface area contributed by atoms with Crippen LogP contribution >= 0.6 is 0 Å². The average molecular weight is 236 g/mol. The normalized spacial score (nSPS) is 16.1. The van der Waals surface area contributed by atoms with Crippen LogP contribution in [0.4, 0.5) is 4.39 Å². The number of hydrogen-bond acceptors (Lipinski definition) is 3. The fourth-order valence-corrected chi connectivity index (χ4v) is 1.98. The topological polar surface area (TPSA) is 45.2 Å². The molecule has 4 nitrogen and oxygen atoms in total. The quantitative estimate of drug-likeness (QED) is 0.795. The van der Waals surface area contributed by atoms with Gasteiger partial charge in [-0.25, -0.2) is 4.98 Å². The Kier molecular flexibility index (Phi) is 4.03. The van der Waals surface area contributed by atoms with Crippen LogP contribution in [0.3, 0.4) is 0 Å². The molecular formula is C12H16FN3O. The SMILES string of the molecule is O=C(NCCN1CCCC1)c1ccnc([18F])c1. The molecule has 1 aromatic heterocycles. The van der Waals surface area contributed by atoms with Crippen molar-refractivity contribution in [3.8, 4) is 0 Å². The fourth-order valence-electron chi connectivity index (χ4n) is 1.98. The molecule has 92 valence electrons. The monoisotopic (exact) mass is 236 g/mol. The van der Waals surface area contributed by atoms with Crippen molar-refractivity contribution in [1.29, 1.82) is 0 Å². The minimum absolute atomic E-state index is 0.245. The predicted octanol–water partition coefficient (Wildman–Crippen LogP) is 1.05. The van der Waals surface area contributed by atoms with Crippen LogP contribution in [-0.4, -0.2) is 42.0 Å². The molecule has 1 aromatic rings. The summed E-state index contributed by atoms with van der Waals surface area (Å²) in [5, 5.41) is 2.78. The fraction of sp³-hybridized carbons (Fsp3) is 0.500. The molecule has 1 aliphatic heterocycles. The van der Waals surface area contributed by atoms with E-state index in [1.165, 1.54) is 25.1 Å². The van der Waals surface area contributed by atoms with Crippen molar-refractivity contribution in [3.63, 3.8) is 0 Å². The van der Waals surface area contributed by atoms with Gasteiger partial charge in [0, 0.05) is 30.9 Å². The smallest absolute Gasteiger partial charge is 0.251 e. The highest BCUT2D eigenvalue weighted by atomic mass is 18.2. The second-order valence-electron chi connectivity index (χ2n) is 4.17. The van der Waals surface area contributed by atoms with Crippen molar-refractivity contribution in [3.05, 3.63) is 29.8 Å². The Morgan fingerprint density at radius 2 is 2.24 bits per heavy atom. The summed E-state index contributed by atoms with van der Waals surface area (Å²) < 4.78 is 12.8. The number of nitrogens with one attached hydrogen (secondary N) is 1. The van der Waals surface area contributed by atoms with E-state index in [2.05, 4.69) is 15.2 Å². The number of nitrogens with zero attached hydrogens (tertiary/aromatic N) is 2. The molecule has 1 saturated heterocycles. The van der Waals surface area contributed by atoms with Crippen LogP contribution in [0.15, 0.2) is 18.3 Å². The molecule has 0 aromatic carbocycles. The molecule has 2 rings (SSSR count). The number of likely N-dealkylation sites (tertiary alicyclic amines) is 1. The minimum Gasteiger partial charge on any atom is -0.351 e. The Bertz CT molecular complexity index is 391. The Labute approximate surface area is 99.8 Å². The lowest BCUT2D eigenvalue weighted by molar-refractivity contribution is 0.0949. The molecule has 0 spiro atoms. The molecule has 1 aliphatic rings. The standard InChI is InChI=1S/C12H16FN3O/c13-11-9-10(3-4-14-11)12(17)15-5-8-16-6-1-2-7-16/h3-4,9H,1-2,5-8H2,(H,15,17)/i13-1. The molecule has 2 heterocycles. The lowest BCUT2D eigenvalue weighted by atomic mass is 10.2. The zero-order valence-corrected chi connectivity index (χ0v) is 9.66. The molecule has 0 saturated carbocycles. The van der Waals surface area contributed by atoms with E-state index in [1.807, 2.05) is 0 Å². The third-order valence-electron chi connectivity index (χ3n) is 2.90. The number of carbonyl (C=O) groups excluding carboxylic acids is 1. The summed E-state index contributed by atoms with van der Waals surface area (Å²) in [7, 11) is 0. The summed E-state index contributed by atoms with van der Waals surface area (Å²) in [6.45, 7) is 3.68. The molecule has 5 heteroatoms. The Hall–Kier alpha value is -1.49. The predicted molar refractivity (Wildman–Crippen MR) is 62.2 cm³/mol. The average Bonchev–Trinajstić information content (AvgIpc) is 2.82. The molecular weight excluding hydrogens is 220 g/mol. The van der Waals surface area contributed by atoms with Crippen molar-refractivity contribution >= 4 is 5.91 Å². The van der Waals surface area contributed by atoms with Gasteiger partial charge < -0.3 is 10.2 Å². The van der Waals surface area contributed by atoms with Crippen molar-refractivity contribution < 1.29 is 9.18 Å². The van der Waals surface area contributed by atoms with Crippen LogP contribution in [0, 0.1) is 5.95 Å². The molecule has 0 bridgehead atoms. The highest BCUT2D eigenvalue weighted by Gasteiger charge is 2.11. The van der Waals surface area contributed by atoms with Crippen molar-refractivity contribution in [2.45, 2.75) is 12.8 Å². The van der Waals surface area contributed by atoms with E-state index in [1.54, 1.807) is 0 Å². The second kappa shape index (κ2) is 5.72. The van der Waals surface area contributed by atoms with Gasteiger partial charge in [0.05, 0.1) is 0 Å². The summed E-state index contributed by atoms with van der Waals surface area (Å²) in [5.41, 5.74) is 0.318. The highest BCUT2D eigenvalue weighted by Crippen LogP contribution is 2.05. The first-order valence-corrected chi connectivity index (χ1v) is 5.88. The van der Waals surface area contributed by atoms with Gasteiger partial charge in [-0.15, -0.1) is 0 Å². The molecule has 1 amide bonds. The van der Waals surface area contributed by atoms with Gasteiger partial charge in [-0.3, -0.25) is 4.79 Å². The molecule has 0 atom stereocenters. The van der Waals surface area contributed by atoms with Crippen LogP contribution in [0.2, 0.25) is 0 Å². The first-order chi connectivity index (χ1) is 8.25. The number of amides is 1. The van der Waals surface area contributed by atoms with Crippen LogP contribution in [-0.2, 0) is 0 Å². The number of halogens is 1. The number of pyridine rings is 1. The van der Waals surface area contributed by atoms with Gasteiger partial charge in [-0.1, -0.05) is 0 Å². The molecule has 0 aliphatic carbocycles. The maximum atomic E-state index is 12.8. The van der Waals surface area contributed by atoms with Gasteiger partial charge in [0.25, 0.3) is 5.91 Å². The van der Waals surface area contributed by atoms with Gasteiger partial charge in [0.2, 0.25) is 5.95 Å². The number of hydrogen-bond donors (Lipinski definition) is 1. The van der Waals surface area contributed by atoms with Gasteiger partial charge in [0.1, 0.15) is 0 Å². The van der Waals surface area contributed by atoms with Gasteiger partial charge in [-0.05, 0) is 32.0 Å². The van der Waals surface area contributed by atoms with E-state index in [0.717, 1.165) is 25.7 Å². The summed E-state index contributed by atoms with van der Waals surface area (Å²) in [6, 6.07) is 2.65. The third-order valence-corrected chi connectivity index (χ3v) is 2.90. The van der Waals surface area contributed by atoms with Crippen LogP contribution in [0.25, 0.3) is 0 Å².